The molecule has 5 heteroatoms. The van der Waals surface area contributed by atoms with Crippen molar-refractivity contribution >= 4 is 28.9 Å². The molecule has 17 heavy (non-hydrogen) atoms. The van der Waals surface area contributed by atoms with Gasteiger partial charge in [0.2, 0.25) is 5.91 Å². The maximum absolute atomic E-state index is 12.2. The SMILES string of the molecule is O=C1Nc2ccc(Cl)cc2NC12CCOCC2. The van der Waals surface area contributed by atoms with E-state index in [4.69, 9.17) is 16.3 Å². The summed E-state index contributed by atoms with van der Waals surface area (Å²) in [4.78, 5) is 12.2. The number of carbonyl (C=O) groups excluding carboxylic acids is 1. The van der Waals surface area contributed by atoms with Crippen molar-refractivity contribution in [2.24, 2.45) is 0 Å². The van der Waals surface area contributed by atoms with E-state index in [-0.39, 0.29) is 5.91 Å². The minimum absolute atomic E-state index is 0.0237. The van der Waals surface area contributed by atoms with Gasteiger partial charge in [-0.25, -0.2) is 0 Å². The van der Waals surface area contributed by atoms with Gasteiger partial charge in [-0.05, 0) is 18.2 Å². The second-order valence-corrected chi connectivity index (χ2v) is 4.90. The van der Waals surface area contributed by atoms with Crippen molar-refractivity contribution in [2.45, 2.75) is 18.4 Å². The van der Waals surface area contributed by atoms with E-state index < -0.39 is 5.54 Å². The average Bonchev–Trinajstić information content (AvgIpc) is 2.32. The number of rotatable bonds is 0. The predicted molar refractivity (Wildman–Crippen MR) is 66.5 cm³/mol. The Balaban J connectivity index is 1.98. The molecule has 0 atom stereocenters. The van der Waals surface area contributed by atoms with Crippen LogP contribution in [-0.4, -0.2) is 24.7 Å². The van der Waals surface area contributed by atoms with Gasteiger partial charge in [0.05, 0.1) is 11.4 Å². The summed E-state index contributed by atoms with van der Waals surface area (Å²) in [5.41, 5.74) is 1.14. The molecule has 2 aliphatic heterocycles. The summed E-state index contributed by atoms with van der Waals surface area (Å²) < 4.78 is 5.31. The summed E-state index contributed by atoms with van der Waals surface area (Å²) in [6.45, 7) is 1.21. The topological polar surface area (TPSA) is 50.4 Å². The standard InChI is InChI=1S/C12H13ClN2O2/c13-8-1-2-9-10(7-8)15-12(11(16)14-9)3-5-17-6-4-12/h1-2,7,15H,3-6H2,(H,14,16). The molecule has 0 aromatic heterocycles. The molecule has 0 bridgehead atoms. The second-order valence-electron chi connectivity index (χ2n) is 4.46. The van der Waals surface area contributed by atoms with Crippen LogP contribution in [0.15, 0.2) is 18.2 Å². The van der Waals surface area contributed by atoms with Crippen molar-refractivity contribution in [3.05, 3.63) is 23.2 Å². The van der Waals surface area contributed by atoms with Gasteiger partial charge in [0.25, 0.3) is 0 Å². The Morgan fingerprint density at radius 2 is 2.00 bits per heavy atom. The van der Waals surface area contributed by atoms with Crippen LogP contribution in [0.4, 0.5) is 11.4 Å². The van der Waals surface area contributed by atoms with Gasteiger partial charge in [0.1, 0.15) is 5.54 Å². The van der Waals surface area contributed by atoms with Gasteiger partial charge in [-0.15, -0.1) is 0 Å². The fraction of sp³-hybridized carbons (Fsp3) is 0.417. The van der Waals surface area contributed by atoms with Crippen LogP contribution in [0.25, 0.3) is 0 Å². The van der Waals surface area contributed by atoms with Gasteiger partial charge in [0.15, 0.2) is 0 Å². The van der Waals surface area contributed by atoms with E-state index >= 15 is 0 Å². The highest BCUT2D eigenvalue weighted by Crippen LogP contribution is 2.37. The van der Waals surface area contributed by atoms with E-state index in [2.05, 4.69) is 10.6 Å². The van der Waals surface area contributed by atoms with Crippen LogP contribution >= 0.6 is 11.6 Å². The Kier molecular flexibility index (Phi) is 2.49. The number of amides is 1. The molecular weight excluding hydrogens is 240 g/mol. The molecule has 90 valence electrons. The van der Waals surface area contributed by atoms with Crippen LogP contribution in [0.3, 0.4) is 0 Å². The second kappa shape index (κ2) is 3.89. The number of ether oxygens (including phenoxy) is 1. The molecule has 0 radical (unpaired) electrons. The number of benzene rings is 1. The van der Waals surface area contributed by atoms with Crippen molar-refractivity contribution in [1.29, 1.82) is 0 Å². The van der Waals surface area contributed by atoms with E-state index in [9.17, 15) is 4.79 Å². The number of hydrogen-bond acceptors (Lipinski definition) is 3. The predicted octanol–water partition coefficient (Wildman–Crippen LogP) is 2.25. The van der Waals surface area contributed by atoms with Crippen LogP contribution in [0.5, 0.6) is 0 Å². The Morgan fingerprint density at radius 1 is 1.24 bits per heavy atom. The van der Waals surface area contributed by atoms with Crippen molar-refractivity contribution in [3.8, 4) is 0 Å². The molecule has 1 fully saturated rings. The van der Waals surface area contributed by atoms with E-state index in [0.29, 0.717) is 31.1 Å². The van der Waals surface area contributed by atoms with E-state index in [0.717, 1.165) is 11.4 Å². The lowest BCUT2D eigenvalue weighted by atomic mass is 9.86. The van der Waals surface area contributed by atoms with Crippen molar-refractivity contribution in [2.75, 3.05) is 23.8 Å². The monoisotopic (exact) mass is 252 g/mol. The van der Waals surface area contributed by atoms with Crippen LogP contribution < -0.4 is 10.6 Å². The first-order valence-corrected chi connectivity index (χ1v) is 6.04. The smallest absolute Gasteiger partial charge is 0.250 e. The van der Waals surface area contributed by atoms with Gasteiger partial charge in [-0.2, -0.15) is 0 Å². The molecule has 4 nitrogen and oxygen atoms in total. The minimum Gasteiger partial charge on any atom is -0.381 e. The third-order valence-electron chi connectivity index (χ3n) is 3.38. The summed E-state index contributed by atoms with van der Waals surface area (Å²) >= 11 is 5.96. The first-order chi connectivity index (χ1) is 8.20. The molecule has 2 heterocycles. The van der Waals surface area contributed by atoms with Gasteiger partial charge < -0.3 is 15.4 Å². The molecule has 1 spiro atoms. The molecule has 1 saturated heterocycles. The van der Waals surface area contributed by atoms with Gasteiger partial charge in [-0.3, -0.25) is 4.79 Å². The highest BCUT2D eigenvalue weighted by Gasteiger charge is 2.43. The first kappa shape index (κ1) is 10.9. The molecule has 2 N–H and O–H groups in total. The van der Waals surface area contributed by atoms with E-state index in [1.807, 2.05) is 12.1 Å². The van der Waals surface area contributed by atoms with Crippen molar-refractivity contribution in [1.82, 2.24) is 0 Å². The molecule has 1 aromatic rings. The number of carbonyl (C=O) groups is 1. The third-order valence-corrected chi connectivity index (χ3v) is 3.62. The zero-order chi connectivity index (χ0) is 11.9. The van der Waals surface area contributed by atoms with Crippen LogP contribution in [0.1, 0.15) is 12.8 Å². The largest absolute Gasteiger partial charge is 0.381 e. The lowest BCUT2D eigenvalue weighted by Gasteiger charge is -2.41. The maximum atomic E-state index is 12.2. The Hall–Kier alpha value is -1.26. The van der Waals surface area contributed by atoms with Crippen LogP contribution in [0.2, 0.25) is 5.02 Å². The lowest BCUT2D eigenvalue weighted by Crippen LogP contribution is -2.55. The molecule has 3 rings (SSSR count). The molecule has 0 unspecified atom stereocenters. The summed E-state index contributed by atoms with van der Waals surface area (Å²) in [5.74, 6) is 0.0237. The number of fused-ring (bicyclic) bond motifs is 1. The highest BCUT2D eigenvalue weighted by atomic mass is 35.5. The van der Waals surface area contributed by atoms with Crippen molar-refractivity contribution in [3.63, 3.8) is 0 Å². The number of hydrogen-bond donors (Lipinski definition) is 2. The number of anilines is 2. The molecule has 0 aliphatic carbocycles. The zero-order valence-electron chi connectivity index (χ0n) is 9.25. The normalized spacial score (nSPS) is 21.6. The van der Waals surface area contributed by atoms with E-state index in [1.54, 1.807) is 6.07 Å². The summed E-state index contributed by atoms with van der Waals surface area (Å²) in [6.07, 6.45) is 1.37. The van der Waals surface area contributed by atoms with Gasteiger partial charge in [0, 0.05) is 31.1 Å². The fourth-order valence-electron chi connectivity index (χ4n) is 2.36. The third kappa shape index (κ3) is 1.77. The minimum atomic E-state index is -0.532. The molecular formula is C12H13ClN2O2. The van der Waals surface area contributed by atoms with Crippen molar-refractivity contribution < 1.29 is 9.53 Å². The van der Waals surface area contributed by atoms with Crippen LogP contribution in [0, 0.1) is 0 Å². The van der Waals surface area contributed by atoms with Gasteiger partial charge >= 0.3 is 0 Å². The average molecular weight is 253 g/mol. The van der Waals surface area contributed by atoms with Gasteiger partial charge in [-0.1, -0.05) is 11.6 Å². The summed E-state index contributed by atoms with van der Waals surface area (Å²) in [7, 11) is 0. The number of nitrogens with one attached hydrogen (secondary N) is 2. The molecule has 0 saturated carbocycles. The molecule has 1 aromatic carbocycles. The highest BCUT2D eigenvalue weighted by molar-refractivity contribution is 6.31. The Morgan fingerprint density at radius 3 is 2.76 bits per heavy atom. The molecule has 2 aliphatic rings. The molecule has 1 amide bonds. The Bertz CT molecular complexity index is 470. The fourth-order valence-corrected chi connectivity index (χ4v) is 2.53. The van der Waals surface area contributed by atoms with Crippen LogP contribution in [-0.2, 0) is 9.53 Å². The summed E-state index contributed by atoms with van der Waals surface area (Å²) in [5, 5.41) is 6.92. The quantitative estimate of drug-likeness (QED) is 0.745. The first-order valence-electron chi connectivity index (χ1n) is 5.67. The summed E-state index contributed by atoms with van der Waals surface area (Å²) in [6, 6.07) is 5.42. The lowest BCUT2D eigenvalue weighted by molar-refractivity contribution is -0.123. The Labute approximate surface area is 104 Å². The van der Waals surface area contributed by atoms with E-state index in [1.165, 1.54) is 0 Å². The maximum Gasteiger partial charge on any atom is 0.250 e. The number of halogens is 1. The zero-order valence-corrected chi connectivity index (χ0v) is 10.0.